The zero-order valence-corrected chi connectivity index (χ0v) is 18.5. The van der Waals surface area contributed by atoms with Crippen molar-refractivity contribution in [1.82, 2.24) is 10.1 Å². The van der Waals surface area contributed by atoms with Crippen LogP contribution in [0.4, 0.5) is 10.7 Å². The molecule has 0 bridgehead atoms. The molecule has 2 aromatic carbocycles. The molecular formula is C25H23N3O6. The van der Waals surface area contributed by atoms with Crippen molar-refractivity contribution in [2.45, 2.75) is 19.3 Å². The molecule has 2 amide bonds. The Labute approximate surface area is 195 Å². The third-order valence-corrected chi connectivity index (χ3v) is 6.58. The number of benzene rings is 2. The molecule has 0 saturated carbocycles. The summed E-state index contributed by atoms with van der Waals surface area (Å²) in [4.78, 5) is 37.9. The van der Waals surface area contributed by atoms with Gasteiger partial charge in [0.25, 0.3) is 5.91 Å². The van der Waals surface area contributed by atoms with Gasteiger partial charge in [-0.2, -0.15) is 0 Å². The molecule has 2 heterocycles. The minimum absolute atomic E-state index is 0.0106. The summed E-state index contributed by atoms with van der Waals surface area (Å²) in [7, 11) is 0. The highest BCUT2D eigenvalue weighted by atomic mass is 16.6. The van der Waals surface area contributed by atoms with Crippen molar-refractivity contribution >= 4 is 23.9 Å². The summed E-state index contributed by atoms with van der Waals surface area (Å²) >= 11 is 0. The Kier molecular flexibility index (Phi) is 5.31. The molecule has 1 fully saturated rings. The van der Waals surface area contributed by atoms with Gasteiger partial charge in [-0.1, -0.05) is 53.7 Å². The Morgan fingerprint density at radius 1 is 1.15 bits per heavy atom. The Morgan fingerprint density at radius 2 is 1.79 bits per heavy atom. The van der Waals surface area contributed by atoms with Gasteiger partial charge in [0, 0.05) is 25.1 Å². The van der Waals surface area contributed by atoms with Crippen molar-refractivity contribution in [3.05, 3.63) is 71.4 Å². The number of anilines is 1. The van der Waals surface area contributed by atoms with Crippen LogP contribution in [0.15, 0.2) is 59.1 Å². The van der Waals surface area contributed by atoms with Crippen molar-refractivity contribution in [1.29, 1.82) is 0 Å². The van der Waals surface area contributed by atoms with Gasteiger partial charge in [0.1, 0.15) is 6.61 Å². The van der Waals surface area contributed by atoms with E-state index < -0.39 is 23.4 Å². The number of hydrogen-bond acceptors (Lipinski definition) is 6. The van der Waals surface area contributed by atoms with Crippen LogP contribution in [0.2, 0.25) is 0 Å². The lowest BCUT2D eigenvalue weighted by Gasteiger charge is -2.19. The van der Waals surface area contributed by atoms with E-state index in [4.69, 9.17) is 9.26 Å². The van der Waals surface area contributed by atoms with E-state index in [1.54, 1.807) is 6.92 Å². The van der Waals surface area contributed by atoms with Crippen LogP contribution >= 0.6 is 0 Å². The number of amides is 2. The molecule has 1 atom stereocenters. The second kappa shape index (κ2) is 8.33. The van der Waals surface area contributed by atoms with Gasteiger partial charge in [-0.3, -0.25) is 14.9 Å². The first-order valence-corrected chi connectivity index (χ1v) is 11.0. The SMILES string of the molecule is CC1(C(=O)O)CCN(C(=O)c2cc(NC(=O)OCC3c4ccccc4-c4ccccc43)on2)C1. The topological polar surface area (TPSA) is 122 Å². The lowest BCUT2D eigenvalue weighted by Crippen LogP contribution is -2.35. The molecule has 5 rings (SSSR count). The van der Waals surface area contributed by atoms with Crippen molar-refractivity contribution < 1.29 is 28.8 Å². The third kappa shape index (κ3) is 3.79. The molecule has 9 heteroatoms. The van der Waals surface area contributed by atoms with Crippen LogP contribution in [0.1, 0.15) is 40.9 Å². The summed E-state index contributed by atoms with van der Waals surface area (Å²) < 4.78 is 10.5. The minimum atomic E-state index is -0.984. The van der Waals surface area contributed by atoms with E-state index in [2.05, 4.69) is 22.6 Å². The van der Waals surface area contributed by atoms with Crippen LogP contribution in [0.25, 0.3) is 11.1 Å². The predicted octanol–water partition coefficient (Wildman–Crippen LogP) is 3.97. The molecule has 2 N–H and O–H groups in total. The normalized spacial score (nSPS) is 18.9. The molecular weight excluding hydrogens is 438 g/mol. The Hall–Kier alpha value is -4.14. The Balaban J connectivity index is 1.21. The Bertz CT molecular complexity index is 1240. The second-order valence-corrected chi connectivity index (χ2v) is 8.87. The van der Waals surface area contributed by atoms with Gasteiger partial charge in [0.2, 0.25) is 5.88 Å². The lowest BCUT2D eigenvalue weighted by molar-refractivity contribution is -0.147. The highest BCUT2D eigenvalue weighted by molar-refractivity contribution is 5.94. The molecule has 1 unspecified atom stereocenters. The van der Waals surface area contributed by atoms with Gasteiger partial charge in [-0.15, -0.1) is 0 Å². The Morgan fingerprint density at radius 3 is 2.41 bits per heavy atom. The summed E-state index contributed by atoms with van der Waals surface area (Å²) in [6, 6.07) is 17.4. The van der Waals surface area contributed by atoms with E-state index in [0.717, 1.165) is 22.3 Å². The number of nitrogens with one attached hydrogen (secondary N) is 1. The number of rotatable bonds is 5. The van der Waals surface area contributed by atoms with Gasteiger partial charge in [0.05, 0.1) is 5.41 Å². The maximum absolute atomic E-state index is 12.7. The van der Waals surface area contributed by atoms with Crippen LogP contribution in [0.3, 0.4) is 0 Å². The van der Waals surface area contributed by atoms with Crippen LogP contribution < -0.4 is 5.32 Å². The zero-order valence-electron chi connectivity index (χ0n) is 18.5. The molecule has 1 aromatic heterocycles. The van der Waals surface area contributed by atoms with Gasteiger partial charge >= 0.3 is 12.1 Å². The molecule has 0 spiro atoms. The van der Waals surface area contributed by atoms with Gasteiger partial charge in [-0.25, -0.2) is 4.79 Å². The number of carboxylic acid groups (broad SMARTS) is 1. The largest absolute Gasteiger partial charge is 0.481 e. The van der Waals surface area contributed by atoms with E-state index in [0.29, 0.717) is 13.0 Å². The predicted molar refractivity (Wildman–Crippen MR) is 121 cm³/mol. The van der Waals surface area contributed by atoms with Gasteiger partial charge in [-0.05, 0) is 35.6 Å². The van der Waals surface area contributed by atoms with Crippen molar-refractivity contribution in [2.75, 3.05) is 25.0 Å². The van der Waals surface area contributed by atoms with E-state index in [1.807, 2.05) is 36.4 Å². The van der Waals surface area contributed by atoms with Gasteiger partial charge < -0.3 is 19.3 Å². The van der Waals surface area contributed by atoms with E-state index in [9.17, 15) is 19.5 Å². The first-order valence-electron chi connectivity index (χ1n) is 11.0. The molecule has 174 valence electrons. The maximum Gasteiger partial charge on any atom is 0.414 e. The zero-order chi connectivity index (χ0) is 23.9. The lowest BCUT2D eigenvalue weighted by atomic mass is 9.90. The maximum atomic E-state index is 12.7. The van der Waals surface area contributed by atoms with Crippen molar-refractivity contribution in [3.63, 3.8) is 0 Å². The first kappa shape index (κ1) is 21.7. The molecule has 9 nitrogen and oxygen atoms in total. The third-order valence-electron chi connectivity index (χ3n) is 6.58. The number of carboxylic acids is 1. The average molecular weight is 461 g/mol. The number of aromatic nitrogens is 1. The summed E-state index contributed by atoms with van der Waals surface area (Å²) in [6.07, 6.45) is -0.367. The van der Waals surface area contributed by atoms with Crippen molar-refractivity contribution in [2.24, 2.45) is 5.41 Å². The van der Waals surface area contributed by atoms with Crippen molar-refractivity contribution in [3.8, 4) is 11.1 Å². The smallest absolute Gasteiger partial charge is 0.414 e. The highest BCUT2D eigenvalue weighted by Crippen LogP contribution is 2.44. The standard InChI is InChI=1S/C25H23N3O6/c1-25(23(30)31)10-11-28(14-25)22(29)20-12-21(34-27-20)26-24(32)33-13-19-17-8-4-2-6-15(17)16-7-3-5-9-18(16)19/h2-9,12,19H,10-11,13-14H2,1H3,(H,26,32)(H,30,31). The van der Waals surface area contributed by atoms with E-state index in [1.165, 1.54) is 11.0 Å². The average Bonchev–Trinajstić information content (AvgIpc) is 3.54. The number of likely N-dealkylation sites (tertiary alicyclic amines) is 1. The molecule has 1 saturated heterocycles. The monoisotopic (exact) mass is 461 g/mol. The number of nitrogens with zero attached hydrogens (tertiary/aromatic N) is 2. The number of ether oxygens (including phenoxy) is 1. The molecule has 3 aromatic rings. The summed E-state index contributed by atoms with van der Waals surface area (Å²) in [6.45, 7) is 2.14. The van der Waals surface area contributed by atoms with Crippen LogP contribution in [0, 0.1) is 5.41 Å². The molecule has 1 aliphatic carbocycles. The number of carbonyl (C=O) groups is 3. The minimum Gasteiger partial charge on any atom is -0.481 e. The summed E-state index contributed by atoms with van der Waals surface area (Å²) in [5, 5.41) is 15.5. The molecule has 1 aliphatic heterocycles. The van der Waals surface area contributed by atoms with Crippen LogP contribution in [-0.2, 0) is 9.53 Å². The first-order chi connectivity index (χ1) is 16.4. The van der Waals surface area contributed by atoms with E-state index in [-0.39, 0.29) is 30.6 Å². The molecule has 0 radical (unpaired) electrons. The second-order valence-electron chi connectivity index (χ2n) is 8.87. The number of hydrogen-bond donors (Lipinski definition) is 2. The van der Waals surface area contributed by atoms with Crippen LogP contribution in [-0.4, -0.2) is 52.8 Å². The van der Waals surface area contributed by atoms with E-state index >= 15 is 0 Å². The fraction of sp³-hybridized carbons (Fsp3) is 0.280. The number of carbonyl (C=O) groups excluding carboxylic acids is 2. The van der Waals surface area contributed by atoms with Crippen LogP contribution in [0.5, 0.6) is 0 Å². The number of fused-ring (bicyclic) bond motifs is 3. The summed E-state index contributed by atoms with van der Waals surface area (Å²) in [5.41, 5.74) is 3.47. The molecule has 34 heavy (non-hydrogen) atoms. The fourth-order valence-electron chi connectivity index (χ4n) is 4.64. The summed E-state index contributed by atoms with van der Waals surface area (Å²) in [5.74, 6) is -1.50. The molecule has 2 aliphatic rings. The van der Waals surface area contributed by atoms with Gasteiger partial charge in [0.15, 0.2) is 5.69 Å². The quantitative estimate of drug-likeness (QED) is 0.589. The fourth-order valence-corrected chi connectivity index (χ4v) is 4.64. The number of aliphatic carboxylic acids is 1. The highest BCUT2D eigenvalue weighted by Gasteiger charge is 2.42.